The van der Waals surface area contributed by atoms with E-state index < -0.39 is 40.0 Å². The molecule has 1 aromatic rings. The molecule has 0 aromatic heterocycles. The van der Waals surface area contributed by atoms with E-state index in [4.69, 9.17) is 18.1 Å². The van der Waals surface area contributed by atoms with E-state index in [2.05, 4.69) is 9.84 Å². The minimum absolute atomic E-state index is 0.00393. The highest BCUT2D eigenvalue weighted by molar-refractivity contribution is 7.48. The SMILES string of the molecule is CCOP(=O)(O)OCC(CNC(=O)c1ccc(O)cc1O)OP(=O)(OCC)OCC. The maximum atomic E-state index is 12.6. The smallest absolute Gasteiger partial charge is 0.475 e. The van der Waals surface area contributed by atoms with E-state index in [-0.39, 0.29) is 37.7 Å². The monoisotopic (exact) mass is 471 g/mol. The van der Waals surface area contributed by atoms with Crippen molar-refractivity contribution >= 4 is 21.6 Å². The van der Waals surface area contributed by atoms with Gasteiger partial charge in [0.25, 0.3) is 5.91 Å². The number of nitrogens with one attached hydrogen (secondary N) is 1. The van der Waals surface area contributed by atoms with Crippen LogP contribution in [0.4, 0.5) is 0 Å². The molecule has 12 nitrogen and oxygen atoms in total. The minimum atomic E-state index is -4.39. The lowest BCUT2D eigenvalue weighted by molar-refractivity contribution is 0.0437. The summed E-state index contributed by atoms with van der Waals surface area (Å²) in [4.78, 5) is 21.9. The van der Waals surface area contributed by atoms with Gasteiger partial charge in [0, 0.05) is 12.6 Å². The largest absolute Gasteiger partial charge is 0.508 e. The van der Waals surface area contributed by atoms with Gasteiger partial charge in [-0.2, -0.15) is 0 Å². The quantitative estimate of drug-likeness (QED) is 0.294. The van der Waals surface area contributed by atoms with Crippen LogP contribution in [0.25, 0.3) is 0 Å². The molecule has 0 spiro atoms. The number of aromatic hydroxyl groups is 2. The van der Waals surface area contributed by atoms with Gasteiger partial charge in [-0.15, -0.1) is 0 Å². The molecular formula is C16H27NO11P2. The average Bonchev–Trinajstić information content (AvgIpc) is 2.64. The van der Waals surface area contributed by atoms with Gasteiger partial charge >= 0.3 is 15.6 Å². The lowest BCUT2D eigenvalue weighted by Gasteiger charge is -2.24. The van der Waals surface area contributed by atoms with Gasteiger partial charge in [0.15, 0.2) is 0 Å². The lowest BCUT2D eigenvalue weighted by atomic mass is 10.1. The number of rotatable bonds is 14. The molecule has 1 aromatic carbocycles. The summed E-state index contributed by atoms with van der Waals surface area (Å²) in [6.45, 7) is 3.57. The number of hydrogen-bond donors (Lipinski definition) is 4. The van der Waals surface area contributed by atoms with E-state index in [1.54, 1.807) is 13.8 Å². The molecule has 0 aliphatic heterocycles. The van der Waals surface area contributed by atoms with Crippen molar-refractivity contribution in [1.82, 2.24) is 5.32 Å². The average molecular weight is 471 g/mol. The predicted molar refractivity (Wildman–Crippen MR) is 105 cm³/mol. The maximum absolute atomic E-state index is 12.6. The van der Waals surface area contributed by atoms with Gasteiger partial charge < -0.3 is 20.4 Å². The summed E-state index contributed by atoms with van der Waals surface area (Å²) in [5, 5.41) is 21.5. The van der Waals surface area contributed by atoms with Crippen molar-refractivity contribution in [3.05, 3.63) is 23.8 Å². The number of carbonyl (C=O) groups excluding carboxylic acids is 1. The Morgan fingerprint density at radius 2 is 1.63 bits per heavy atom. The maximum Gasteiger partial charge on any atom is 0.475 e. The molecule has 1 amide bonds. The zero-order valence-electron chi connectivity index (χ0n) is 16.8. The molecule has 1 rings (SSSR count). The normalized spacial score (nSPS) is 14.8. The molecule has 4 N–H and O–H groups in total. The van der Waals surface area contributed by atoms with Crippen LogP contribution in [0.5, 0.6) is 11.5 Å². The van der Waals surface area contributed by atoms with E-state index in [0.717, 1.165) is 6.07 Å². The summed E-state index contributed by atoms with van der Waals surface area (Å²) in [7, 11) is -8.44. The molecule has 0 saturated heterocycles. The van der Waals surface area contributed by atoms with Crippen LogP contribution in [-0.4, -0.2) is 60.1 Å². The number of amides is 1. The number of benzene rings is 1. The fourth-order valence-electron chi connectivity index (χ4n) is 2.12. The second kappa shape index (κ2) is 12.4. The van der Waals surface area contributed by atoms with Crippen molar-refractivity contribution in [2.45, 2.75) is 26.9 Å². The zero-order valence-corrected chi connectivity index (χ0v) is 18.6. The highest BCUT2D eigenvalue weighted by Crippen LogP contribution is 2.51. The van der Waals surface area contributed by atoms with Crippen LogP contribution in [0.1, 0.15) is 31.1 Å². The Morgan fingerprint density at radius 3 is 2.17 bits per heavy atom. The third kappa shape index (κ3) is 9.11. The van der Waals surface area contributed by atoms with Crippen molar-refractivity contribution in [2.24, 2.45) is 0 Å². The van der Waals surface area contributed by atoms with Gasteiger partial charge in [-0.05, 0) is 32.9 Å². The summed E-state index contributed by atoms with van der Waals surface area (Å²) < 4.78 is 49.1. The summed E-state index contributed by atoms with van der Waals surface area (Å²) in [6, 6.07) is 3.37. The summed E-state index contributed by atoms with van der Waals surface area (Å²) in [6.07, 6.45) is -1.24. The van der Waals surface area contributed by atoms with Gasteiger partial charge in [-0.1, -0.05) is 0 Å². The number of phosphoric ester groups is 2. The molecule has 0 bridgehead atoms. The van der Waals surface area contributed by atoms with Crippen molar-refractivity contribution in [3.63, 3.8) is 0 Å². The van der Waals surface area contributed by atoms with E-state index in [9.17, 15) is 29.0 Å². The van der Waals surface area contributed by atoms with Gasteiger partial charge in [0.2, 0.25) is 0 Å². The Morgan fingerprint density at radius 1 is 1.03 bits per heavy atom. The van der Waals surface area contributed by atoms with Crippen LogP contribution < -0.4 is 5.32 Å². The van der Waals surface area contributed by atoms with Gasteiger partial charge in [-0.25, -0.2) is 9.13 Å². The van der Waals surface area contributed by atoms with Gasteiger partial charge in [0.1, 0.15) is 17.6 Å². The fraction of sp³-hybridized carbons (Fsp3) is 0.562. The molecule has 30 heavy (non-hydrogen) atoms. The van der Waals surface area contributed by atoms with Crippen LogP contribution in [0, 0.1) is 0 Å². The van der Waals surface area contributed by atoms with Crippen molar-refractivity contribution in [2.75, 3.05) is 33.0 Å². The summed E-state index contributed by atoms with van der Waals surface area (Å²) >= 11 is 0. The van der Waals surface area contributed by atoms with E-state index in [0.29, 0.717) is 0 Å². The molecule has 172 valence electrons. The number of phenols is 2. The number of phenolic OH excluding ortho intramolecular Hbond substituents is 2. The Labute approximate surface area is 174 Å². The van der Waals surface area contributed by atoms with Crippen LogP contribution in [-0.2, 0) is 31.7 Å². The van der Waals surface area contributed by atoms with Crippen LogP contribution in [0.2, 0.25) is 0 Å². The standard InChI is InChI=1S/C16H27NO11P2/c1-4-24-29(21,22)27-11-13(28-30(23,25-5-2)26-6-3)10-17-16(20)14-8-7-12(18)9-15(14)19/h7-9,13,18-19H,4-6,10-11H2,1-3H3,(H,17,20)(H,21,22). The molecule has 0 saturated carbocycles. The van der Waals surface area contributed by atoms with Gasteiger partial charge in [-0.3, -0.25) is 27.4 Å². The fourth-order valence-corrected chi connectivity index (χ4v) is 4.20. The molecule has 14 heteroatoms. The van der Waals surface area contributed by atoms with Crippen LogP contribution in [0.3, 0.4) is 0 Å². The Balaban J connectivity index is 2.91. The first-order valence-electron chi connectivity index (χ1n) is 9.05. The highest BCUT2D eigenvalue weighted by atomic mass is 31.2. The first-order chi connectivity index (χ1) is 14.1. The molecule has 0 radical (unpaired) electrons. The summed E-state index contributed by atoms with van der Waals surface area (Å²) in [5.41, 5.74) is -0.146. The predicted octanol–water partition coefficient (Wildman–Crippen LogP) is 2.55. The highest BCUT2D eigenvalue weighted by Gasteiger charge is 2.32. The second-order valence-corrected chi connectivity index (χ2v) is 8.68. The molecule has 0 fully saturated rings. The third-order valence-electron chi connectivity index (χ3n) is 3.28. The van der Waals surface area contributed by atoms with Crippen molar-refractivity contribution < 1.29 is 51.6 Å². The van der Waals surface area contributed by atoms with Crippen LogP contribution >= 0.6 is 15.6 Å². The molecule has 2 unspecified atom stereocenters. The minimum Gasteiger partial charge on any atom is -0.508 e. The van der Waals surface area contributed by atoms with E-state index in [1.165, 1.54) is 19.1 Å². The number of phosphoric acid groups is 2. The van der Waals surface area contributed by atoms with Gasteiger partial charge in [0.05, 0.1) is 32.0 Å². The van der Waals surface area contributed by atoms with Crippen molar-refractivity contribution in [3.8, 4) is 11.5 Å². The second-order valence-electron chi connectivity index (χ2n) is 5.60. The molecule has 0 heterocycles. The Hall–Kier alpha value is -1.49. The lowest BCUT2D eigenvalue weighted by Crippen LogP contribution is -2.36. The Bertz CT molecular complexity index is 778. The number of carbonyl (C=O) groups is 1. The van der Waals surface area contributed by atoms with Crippen molar-refractivity contribution in [1.29, 1.82) is 0 Å². The van der Waals surface area contributed by atoms with Crippen LogP contribution in [0.15, 0.2) is 18.2 Å². The molecule has 0 aliphatic rings. The van der Waals surface area contributed by atoms with E-state index in [1.807, 2.05) is 0 Å². The zero-order chi connectivity index (χ0) is 22.8. The number of hydrogen-bond acceptors (Lipinski definition) is 10. The Kier molecular flexibility index (Phi) is 11.0. The molecular weight excluding hydrogens is 444 g/mol. The summed E-state index contributed by atoms with van der Waals surface area (Å²) in [5.74, 6) is -1.45. The third-order valence-corrected chi connectivity index (χ3v) is 6.05. The molecule has 0 aliphatic carbocycles. The molecule has 2 atom stereocenters. The van der Waals surface area contributed by atoms with E-state index >= 15 is 0 Å². The first kappa shape index (κ1) is 26.5. The topological polar surface area (TPSA) is 170 Å². The first-order valence-corrected chi connectivity index (χ1v) is 12.0.